The largest absolute Gasteiger partial charge is 0.321 e. The molecule has 134 valence electrons. The first-order valence-corrected chi connectivity index (χ1v) is 9.12. The van der Waals surface area contributed by atoms with Crippen LogP contribution in [0.4, 0.5) is 5.69 Å². The van der Waals surface area contributed by atoms with Gasteiger partial charge in [-0.2, -0.15) is 5.10 Å². The van der Waals surface area contributed by atoms with E-state index < -0.39 is 15.9 Å². The molecule has 2 rings (SSSR count). The van der Waals surface area contributed by atoms with Gasteiger partial charge in [-0.15, -0.1) is 0 Å². The Morgan fingerprint density at radius 3 is 2.60 bits per heavy atom. The molecule has 0 unspecified atom stereocenters. The molecule has 9 heteroatoms. The van der Waals surface area contributed by atoms with Crippen LogP contribution in [0.15, 0.2) is 46.1 Å². The molecule has 0 atom stereocenters. The summed E-state index contributed by atoms with van der Waals surface area (Å²) in [4.78, 5) is 24.1. The highest BCUT2D eigenvalue weighted by atomic mass is 32.2. The number of nitrogens with zero attached hydrogens (tertiary/aromatic N) is 3. The van der Waals surface area contributed by atoms with Crippen molar-refractivity contribution in [2.24, 2.45) is 0 Å². The number of hydrogen-bond acceptors (Lipinski definition) is 5. The van der Waals surface area contributed by atoms with Crippen molar-refractivity contribution in [3.63, 3.8) is 0 Å². The first-order chi connectivity index (χ1) is 11.8. The van der Waals surface area contributed by atoms with Crippen LogP contribution >= 0.6 is 0 Å². The number of carbonyl (C=O) groups excluding carboxylic acids is 1. The summed E-state index contributed by atoms with van der Waals surface area (Å²) in [5.74, 6) is -0.524. The van der Waals surface area contributed by atoms with Crippen LogP contribution in [0, 0.1) is 0 Å². The molecule has 1 aromatic carbocycles. The quantitative estimate of drug-likeness (QED) is 0.829. The van der Waals surface area contributed by atoms with Gasteiger partial charge in [0.15, 0.2) is 0 Å². The maximum absolute atomic E-state index is 12.3. The van der Waals surface area contributed by atoms with Gasteiger partial charge < -0.3 is 5.32 Å². The second-order valence-corrected chi connectivity index (χ2v) is 7.70. The highest BCUT2D eigenvalue weighted by molar-refractivity contribution is 7.89. The van der Waals surface area contributed by atoms with Crippen LogP contribution in [-0.4, -0.2) is 42.5 Å². The molecule has 0 bridgehead atoms. The van der Waals surface area contributed by atoms with Crippen molar-refractivity contribution in [1.82, 2.24) is 14.1 Å². The zero-order valence-corrected chi connectivity index (χ0v) is 15.1. The molecule has 0 saturated carbocycles. The molecule has 0 aliphatic rings. The third-order valence-electron chi connectivity index (χ3n) is 3.41. The second kappa shape index (κ2) is 7.58. The van der Waals surface area contributed by atoms with Crippen LogP contribution in [-0.2, 0) is 16.6 Å². The number of nitrogens with one attached hydrogen (secondary N) is 1. The van der Waals surface area contributed by atoms with E-state index in [-0.39, 0.29) is 16.1 Å². The molecular weight excluding hydrogens is 344 g/mol. The Kier molecular flexibility index (Phi) is 5.70. The fraction of sp³-hybridized carbons (Fsp3) is 0.312. The van der Waals surface area contributed by atoms with E-state index >= 15 is 0 Å². The molecule has 0 saturated heterocycles. The zero-order chi connectivity index (χ0) is 18.6. The SMILES string of the molecule is CCCn1nc(C(=O)Nc2cccc(S(=O)(=O)N(C)C)c2)ccc1=O. The number of aromatic nitrogens is 2. The summed E-state index contributed by atoms with van der Waals surface area (Å²) in [5.41, 5.74) is 0.120. The summed E-state index contributed by atoms with van der Waals surface area (Å²) in [7, 11) is -0.735. The third kappa shape index (κ3) is 4.31. The molecule has 1 heterocycles. The Bertz CT molecular complexity index is 935. The van der Waals surface area contributed by atoms with Gasteiger partial charge in [-0.1, -0.05) is 13.0 Å². The third-order valence-corrected chi connectivity index (χ3v) is 5.22. The number of sulfonamides is 1. The minimum absolute atomic E-state index is 0.0687. The summed E-state index contributed by atoms with van der Waals surface area (Å²) >= 11 is 0. The monoisotopic (exact) mass is 364 g/mol. The van der Waals surface area contributed by atoms with E-state index in [1.807, 2.05) is 6.92 Å². The topological polar surface area (TPSA) is 101 Å². The predicted molar refractivity (Wildman–Crippen MR) is 94.1 cm³/mol. The van der Waals surface area contributed by atoms with E-state index in [4.69, 9.17) is 0 Å². The van der Waals surface area contributed by atoms with E-state index in [0.29, 0.717) is 18.7 Å². The molecule has 0 radical (unpaired) electrons. The van der Waals surface area contributed by atoms with Gasteiger partial charge in [0, 0.05) is 32.4 Å². The first kappa shape index (κ1) is 18.8. The average Bonchev–Trinajstić information content (AvgIpc) is 2.57. The van der Waals surface area contributed by atoms with Crippen LogP contribution < -0.4 is 10.9 Å². The van der Waals surface area contributed by atoms with Crippen molar-refractivity contribution in [3.05, 3.63) is 52.4 Å². The lowest BCUT2D eigenvalue weighted by molar-refractivity contribution is 0.101. The van der Waals surface area contributed by atoms with Crippen LogP contribution in [0.3, 0.4) is 0 Å². The number of anilines is 1. The van der Waals surface area contributed by atoms with Crippen molar-refractivity contribution in [1.29, 1.82) is 0 Å². The van der Waals surface area contributed by atoms with Crippen LogP contribution in [0.2, 0.25) is 0 Å². The standard InChI is InChI=1S/C16H20N4O4S/c1-4-10-20-15(21)9-8-14(18-20)16(22)17-12-6-5-7-13(11-12)25(23,24)19(2)3/h5-9,11H,4,10H2,1-3H3,(H,17,22). The summed E-state index contributed by atoms with van der Waals surface area (Å²) in [6, 6.07) is 8.56. The lowest BCUT2D eigenvalue weighted by Crippen LogP contribution is -2.26. The van der Waals surface area contributed by atoms with Crippen molar-refractivity contribution >= 4 is 21.6 Å². The van der Waals surface area contributed by atoms with Crippen molar-refractivity contribution in [2.45, 2.75) is 24.8 Å². The van der Waals surface area contributed by atoms with Crippen molar-refractivity contribution in [3.8, 4) is 0 Å². The molecule has 8 nitrogen and oxygen atoms in total. The molecule has 2 aromatic rings. The fourth-order valence-electron chi connectivity index (χ4n) is 2.08. The van der Waals surface area contributed by atoms with E-state index in [0.717, 1.165) is 4.31 Å². The van der Waals surface area contributed by atoms with Gasteiger partial charge in [-0.05, 0) is 30.7 Å². The molecule has 0 spiro atoms. The Morgan fingerprint density at radius 1 is 1.24 bits per heavy atom. The van der Waals surface area contributed by atoms with Gasteiger partial charge >= 0.3 is 0 Å². The van der Waals surface area contributed by atoms with Gasteiger partial charge in [-0.3, -0.25) is 9.59 Å². The Balaban J connectivity index is 2.27. The lowest BCUT2D eigenvalue weighted by Gasteiger charge is -2.12. The number of hydrogen-bond donors (Lipinski definition) is 1. The highest BCUT2D eigenvalue weighted by Gasteiger charge is 2.18. The van der Waals surface area contributed by atoms with Gasteiger partial charge in [0.1, 0.15) is 5.69 Å². The maximum Gasteiger partial charge on any atom is 0.276 e. The molecule has 25 heavy (non-hydrogen) atoms. The Hall–Kier alpha value is -2.52. The summed E-state index contributed by atoms with van der Waals surface area (Å²) in [6.45, 7) is 2.31. The average molecular weight is 364 g/mol. The number of rotatable bonds is 6. The van der Waals surface area contributed by atoms with Crippen LogP contribution in [0.1, 0.15) is 23.8 Å². The predicted octanol–water partition coefficient (Wildman–Crippen LogP) is 1.16. The highest BCUT2D eigenvalue weighted by Crippen LogP contribution is 2.18. The zero-order valence-electron chi connectivity index (χ0n) is 14.3. The molecule has 0 aliphatic carbocycles. The molecule has 1 amide bonds. The Morgan fingerprint density at radius 2 is 1.96 bits per heavy atom. The molecule has 0 aliphatic heterocycles. The van der Waals surface area contributed by atoms with E-state index in [2.05, 4.69) is 10.4 Å². The Labute approximate surface area is 146 Å². The molecule has 1 N–H and O–H groups in total. The normalized spacial score (nSPS) is 11.5. The van der Waals surface area contributed by atoms with Gasteiger partial charge in [0.2, 0.25) is 10.0 Å². The smallest absolute Gasteiger partial charge is 0.276 e. The number of aryl methyl sites for hydroxylation is 1. The maximum atomic E-state index is 12.3. The summed E-state index contributed by atoms with van der Waals surface area (Å²) < 4.78 is 26.6. The van der Waals surface area contributed by atoms with Gasteiger partial charge in [0.25, 0.3) is 11.5 Å². The molecule has 0 fully saturated rings. The first-order valence-electron chi connectivity index (χ1n) is 7.68. The fourth-order valence-corrected chi connectivity index (χ4v) is 3.03. The number of amides is 1. The minimum Gasteiger partial charge on any atom is -0.321 e. The van der Waals surface area contributed by atoms with Crippen molar-refractivity contribution < 1.29 is 13.2 Å². The summed E-state index contributed by atoms with van der Waals surface area (Å²) in [6.07, 6.45) is 0.711. The van der Waals surface area contributed by atoms with E-state index in [9.17, 15) is 18.0 Å². The van der Waals surface area contributed by atoms with Gasteiger partial charge in [0.05, 0.1) is 4.90 Å². The molecular formula is C16H20N4O4S. The number of carbonyl (C=O) groups is 1. The van der Waals surface area contributed by atoms with Crippen LogP contribution in [0.5, 0.6) is 0 Å². The molecule has 1 aromatic heterocycles. The number of benzene rings is 1. The minimum atomic E-state index is -3.60. The van der Waals surface area contributed by atoms with E-state index in [1.165, 1.54) is 49.1 Å². The lowest BCUT2D eigenvalue weighted by atomic mass is 10.3. The summed E-state index contributed by atoms with van der Waals surface area (Å²) in [5, 5.41) is 6.62. The van der Waals surface area contributed by atoms with E-state index in [1.54, 1.807) is 6.07 Å². The van der Waals surface area contributed by atoms with Crippen LogP contribution in [0.25, 0.3) is 0 Å². The second-order valence-electron chi connectivity index (χ2n) is 5.55. The van der Waals surface area contributed by atoms with Gasteiger partial charge in [-0.25, -0.2) is 17.4 Å². The van der Waals surface area contributed by atoms with Crippen molar-refractivity contribution in [2.75, 3.05) is 19.4 Å².